The van der Waals surface area contributed by atoms with Crippen LogP contribution < -0.4 is 0 Å². The standard InChI is InChI=1S/C14H10O4/c15-10-7-12(17)11(16)6-9(10)14-5-8-3-1-2-4-13(8)18-14/h1-7,15-17H. The Balaban J connectivity index is 2.22. The first-order valence-electron chi connectivity index (χ1n) is 5.39. The highest BCUT2D eigenvalue weighted by atomic mass is 16.3. The number of para-hydroxylation sites is 1. The van der Waals surface area contributed by atoms with Crippen molar-refractivity contribution in [3.05, 3.63) is 42.5 Å². The van der Waals surface area contributed by atoms with Gasteiger partial charge in [0.2, 0.25) is 0 Å². The summed E-state index contributed by atoms with van der Waals surface area (Å²) in [5.74, 6) is -0.385. The van der Waals surface area contributed by atoms with Gasteiger partial charge >= 0.3 is 0 Å². The highest BCUT2D eigenvalue weighted by molar-refractivity contribution is 5.84. The Morgan fingerprint density at radius 2 is 1.50 bits per heavy atom. The minimum Gasteiger partial charge on any atom is -0.507 e. The van der Waals surface area contributed by atoms with E-state index in [9.17, 15) is 15.3 Å². The maximum Gasteiger partial charge on any atom is 0.161 e. The summed E-state index contributed by atoms with van der Waals surface area (Å²) in [6, 6.07) is 11.6. The van der Waals surface area contributed by atoms with E-state index in [0.29, 0.717) is 16.9 Å². The molecule has 0 spiro atoms. The van der Waals surface area contributed by atoms with E-state index in [-0.39, 0.29) is 17.2 Å². The molecule has 3 rings (SSSR count). The lowest BCUT2D eigenvalue weighted by Gasteiger charge is -2.03. The van der Waals surface area contributed by atoms with E-state index in [1.54, 1.807) is 6.07 Å². The summed E-state index contributed by atoms with van der Waals surface area (Å²) >= 11 is 0. The number of rotatable bonds is 1. The van der Waals surface area contributed by atoms with Crippen molar-refractivity contribution >= 4 is 11.0 Å². The highest BCUT2D eigenvalue weighted by Crippen LogP contribution is 2.39. The van der Waals surface area contributed by atoms with Crippen molar-refractivity contribution in [2.45, 2.75) is 0 Å². The van der Waals surface area contributed by atoms with Crippen LogP contribution in [0.2, 0.25) is 0 Å². The molecule has 0 unspecified atom stereocenters. The molecule has 0 saturated carbocycles. The van der Waals surface area contributed by atoms with Gasteiger partial charge in [0.15, 0.2) is 11.5 Å². The zero-order valence-electron chi connectivity index (χ0n) is 9.29. The van der Waals surface area contributed by atoms with Crippen LogP contribution in [0.5, 0.6) is 17.2 Å². The summed E-state index contributed by atoms with van der Waals surface area (Å²) in [4.78, 5) is 0. The van der Waals surface area contributed by atoms with Gasteiger partial charge in [-0.15, -0.1) is 0 Å². The zero-order chi connectivity index (χ0) is 12.7. The van der Waals surface area contributed by atoms with E-state index in [2.05, 4.69) is 0 Å². The van der Waals surface area contributed by atoms with Crippen molar-refractivity contribution in [3.63, 3.8) is 0 Å². The molecule has 0 atom stereocenters. The number of furan rings is 1. The van der Waals surface area contributed by atoms with Crippen molar-refractivity contribution in [3.8, 4) is 28.6 Å². The Morgan fingerprint density at radius 1 is 0.778 bits per heavy atom. The molecule has 1 aromatic heterocycles. The quantitative estimate of drug-likeness (QED) is 0.452. The summed E-state index contributed by atoms with van der Waals surface area (Å²) in [5, 5.41) is 29.4. The minimum absolute atomic E-state index is 0.149. The fourth-order valence-electron chi connectivity index (χ4n) is 1.88. The van der Waals surface area contributed by atoms with Crippen molar-refractivity contribution in [1.29, 1.82) is 0 Å². The van der Waals surface area contributed by atoms with E-state index in [1.807, 2.05) is 24.3 Å². The molecule has 4 heteroatoms. The van der Waals surface area contributed by atoms with Gasteiger partial charge in [-0.2, -0.15) is 0 Å². The fraction of sp³-hybridized carbons (Fsp3) is 0. The van der Waals surface area contributed by atoms with Crippen molar-refractivity contribution in [2.24, 2.45) is 0 Å². The third-order valence-electron chi connectivity index (χ3n) is 2.78. The largest absolute Gasteiger partial charge is 0.507 e. The van der Waals surface area contributed by atoms with Crippen LogP contribution in [0.15, 0.2) is 46.9 Å². The Morgan fingerprint density at radius 3 is 2.28 bits per heavy atom. The molecular weight excluding hydrogens is 232 g/mol. The molecule has 3 N–H and O–H groups in total. The Hall–Kier alpha value is -2.62. The Labute approximate surface area is 102 Å². The van der Waals surface area contributed by atoms with E-state index < -0.39 is 0 Å². The topological polar surface area (TPSA) is 73.8 Å². The fourth-order valence-corrected chi connectivity index (χ4v) is 1.88. The maximum atomic E-state index is 9.76. The van der Waals surface area contributed by atoms with E-state index in [4.69, 9.17) is 4.42 Å². The second-order valence-electron chi connectivity index (χ2n) is 4.01. The lowest BCUT2D eigenvalue weighted by Crippen LogP contribution is -1.77. The van der Waals surface area contributed by atoms with Gasteiger partial charge in [0.1, 0.15) is 17.1 Å². The van der Waals surface area contributed by atoms with Gasteiger partial charge in [-0.05, 0) is 18.2 Å². The van der Waals surface area contributed by atoms with Crippen LogP contribution in [-0.4, -0.2) is 15.3 Å². The van der Waals surface area contributed by atoms with Crippen LogP contribution in [0.3, 0.4) is 0 Å². The predicted octanol–water partition coefficient (Wildman–Crippen LogP) is 3.22. The van der Waals surface area contributed by atoms with Crippen LogP contribution in [0.25, 0.3) is 22.3 Å². The van der Waals surface area contributed by atoms with Crippen molar-refractivity contribution in [1.82, 2.24) is 0 Å². The number of benzene rings is 2. The normalized spacial score (nSPS) is 10.9. The maximum absolute atomic E-state index is 9.76. The monoisotopic (exact) mass is 242 g/mol. The van der Waals surface area contributed by atoms with Crippen LogP contribution in [-0.2, 0) is 0 Å². The van der Waals surface area contributed by atoms with Crippen LogP contribution in [0, 0.1) is 0 Å². The van der Waals surface area contributed by atoms with Gasteiger partial charge in [-0.1, -0.05) is 18.2 Å². The molecule has 0 amide bonds. The van der Waals surface area contributed by atoms with E-state index in [1.165, 1.54) is 6.07 Å². The molecule has 2 aromatic carbocycles. The Kier molecular flexibility index (Phi) is 2.16. The molecule has 0 fully saturated rings. The van der Waals surface area contributed by atoms with Gasteiger partial charge in [0, 0.05) is 11.5 Å². The molecule has 90 valence electrons. The third-order valence-corrected chi connectivity index (χ3v) is 2.78. The van der Waals surface area contributed by atoms with Crippen LogP contribution in [0.4, 0.5) is 0 Å². The van der Waals surface area contributed by atoms with Gasteiger partial charge in [0.05, 0.1) is 5.56 Å². The van der Waals surface area contributed by atoms with Crippen molar-refractivity contribution < 1.29 is 19.7 Å². The molecule has 18 heavy (non-hydrogen) atoms. The van der Waals surface area contributed by atoms with Crippen molar-refractivity contribution in [2.75, 3.05) is 0 Å². The number of aromatic hydroxyl groups is 3. The predicted molar refractivity (Wildman–Crippen MR) is 66.6 cm³/mol. The van der Waals surface area contributed by atoms with E-state index in [0.717, 1.165) is 11.5 Å². The number of hydrogen-bond acceptors (Lipinski definition) is 4. The summed E-state index contributed by atoms with van der Waals surface area (Å²) in [5.41, 5.74) is 1.03. The molecule has 0 aliphatic heterocycles. The second-order valence-corrected chi connectivity index (χ2v) is 4.01. The summed E-state index contributed by atoms with van der Waals surface area (Å²) in [6.45, 7) is 0. The number of hydrogen-bond donors (Lipinski definition) is 3. The van der Waals surface area contributed by atoms with Crippen LogP contribution in [0.1, 0.15) is 0 Å². The second kappa shape index (κ2) is 3.70. The Bertz CT molecular complexity index is 695. The van der Waals surface area contributed by atoms with Gasteiger partial charge in [0.25, 0.3) is 0 Å². The lowest BCUT2D eigenvalue weighted by atomic mass is 10.1. The first kappa shape index (κ1) is 10.5. The lowest BCUT2D eigenvalue weighted by molar-refractivity contribution is 0.396. The molecule has 0 aliphatic rings. The SMILES string of the molecule is Oc1cc(O)c(-c2cc3ccccc3o2)cc1O. The number of phenolic OH excluding ortho intramolecular Hbond substituents is 3. The summed E-state index contributed by atoms with van der Waals surface area (Å²) < 4.78 is 5.58. The first-order valence-corrected chi connectivity index (χ1v) is 5.39. The zero-order valence-corrected chi connectivity index (χ0v) is 9.29. The third kappa shape index (κ3) is 1.55. The minimum atomic E-state index is -0.368. The summed E-state index contributed by atoms with van der Waals surface area (Å²) in [7, 11) is 0. The average molecular weight is 242 g/mol. The molecule has 1 heterocycles. The molecule has 0 saturated heterocycles. The summed E-state index contributed by atoms with van der Waals surface area (Å²) in [6.07, 6.45) is 0. The van der Waals surface area contributed by atoms with Gasteiger partial charge in [-0.3, -0.25) is 0 Å². The first-order chi connectivity index (χ1) is 8.65. The van der Waals surface area contributed by atoms with Crippen LogP contribution >= 0.6 is 0 Å². The molecule has 0 bridgehead atoms. The molecular formula is C14H10O4. The smallest absolute Gasteiger partial charge is 0.161 e. The van der Waals surface area contributed by atoms with Gasteiger partial charge in [-0.25, -0.2) is 0 Å². The highest BCUT2D eigenvalue weighted by Gasteiger charge is 2.13. The average Bonchev–Trinajstić information content (AvgIpc) is 2.77. The van der Waals surface area contributed by atoms with E-state index >= 15 is 0 Å². The number of phenols is 3. The molecule has 3 aromatic rings. The molecule has 0 aliphatic carbocycles. The number of fused-ring (bicyclic) bond motifs is 1. The van der Waals surface area contributed by atoms with Gasteiger partial charge < -0.3 is 19.7 Å². The molecule has 4 nitrogen and oxygen atoms in total. The molecule has 0 radical (unpaired) electrons.